The molecule has 0 aromatic heterocycles. The molecule has 0 bridgehead atoms. The van der Waals surface area contributed by atoms with Crippen molar-refractivity contribution in [1.82, 2.24) is 5.59 Å². The van der Waals surface area contributed by atoms with Crippen molar-refractivity contribution < 1.29 is 14.4 Å². The van der Waals surface area contributed by atoms with Crippen LogP contribution >= 0.6 is 0 Å². The molecule has 0 aliphatic heterocycles. The average Bonchev–Trinajstić information content (AvgIpc) is 2.26. The molecule has 0 spiro atoms. The fourth-order valence-corrected chi connectivity index (χ4v) is 1.04. The van der Waals surface area contributed by atoms with E-state index in [1.54, 1.807) is 0 Å². The van der Waals surface area contributed by atoms with Gasteiger partial charge < -0.3 is 9.57 Å². The largest absolute Gasteiger partial charge is 0.376 e. The Bertz CT molecular complexity index is 290. The van der Waals surface area contributed by atoms with Crippen LogP contribution in [0.25, 0.3) is 0 Å². The molecule has 0 amide bonds. The number of ether oxygens (including phenoxy) is 1. The smallest absolute Gasteiger partial charge is 0.328 e. The van der Waals surface area contributed by atoms with E-state index in [9.17, 15) is 4.79 Å². The maximum atomic E-state index is 10.8. The summed E-state index contributed by atoms with van der Waals surface area (Å²) in [6, 6.07) is 9.73. The van der Waals surface area contributed by atoms with E-state index in [2.05, 4.69) is 4.84 Å². The van der Waals surface area contributed by atoms with E-state index in [0.717, 1.165) is 5.56 Å². The van der Waals surface area contributed by atoms with Crippen molar-refractivity contribution >= 4 is 5.97 Å². The molecule has 15 heavy (non-hydrogen) atoms. The van der Waals surface area contributed by atoms with Crippen LogP contribution in [0.1, 0.15) is 12.0 Å². The fraction of sp³-hybridized carbons (Fsp3) is 0.300. The zero-order chi connectivity index (χ0) is 10.9. The van der Waals surface area contributed by atoms with Crippen LogP contribution in [0.3, 0.4) is 0 Å². The first kappa shape index (κ1) is 11.6. The maximum Gasteiger partial charge on any atom is 0.328 e. The SMILES string of the molecule is NNOC(=O)CCOCc1ccccc1. The van der Waals surface area contributed by atoms with Crippen LogP contribution in [0.4, 0.5) is 0 Å². The second kappa shape index (κ2) is 6.94. The van der Waals surface area contributed by atoms with Crippen molar-refractivity contribution in [3.63, 3.8) is 0 Å². The third kappa shape index (κ3) is 5.11. The van der Waals surface area contributed by atoms with E-state index in [1.165, 1.54) is 0 Å². The highest BCUT2D eigenvalue weighted by Gasteiger charge is 2.01. The van der Waals surface area contributed by atoms with Gasteiger partial charge in [0, 0.05) is 0 Å². The lowest BCUT2D eigenvalue weighted by atomic mass is 10.2. The molecule has 0 unspecified atom stereocenters. The summed E-state index contributed by atoms with van der Waals surface area (Å²) in [7, 11) is 0. The van der Waals surface area contributed by atoms with Gasteiger partial charge in [0.05, 0.1) is 19.6 Å². The maximum absolute atomic E-state index is 10.8. The predicted molar refractivity (Wildman–Crippen MR) is 54.1 cm³/mol. The van der Waals surface area contributed by atoms with Gasteiger partial charge >= 0.3 is 5.97 Å². The van der Waals surface area contributed by atoms with Crippen molar-refractivity contribution in [3.8, 4) is 0 Å². The fourth-order valence-electron chi connectivity index (χ4n) is 1.04. The summed E-state index contributed by atoms with van der Waals surface area (Å²) in [6.07, 6.45) is 0.178. The minimum atomic E-state index is -0.439. The van der Waals surface area contributed by atoms with E-state index in [4.69, 9.17) is 10.6 Å². The third-order valence-electron chi connectivity index (χ3n) is 1.73. The van der Waals surface area contributed by atoms with Crippen LogP contribution in [0.2, 0.25) is 0 Å². The van der Waals surface area contributed by atoms with Crippen LogP contribution in [0.15, 0.2) is 30.3 Å². The van der Waals surface area contributed by atoms with Gasteiger partial charge in [-0.1, -0.05) is 35.9 Å². The number of rotatable bonds is 6. The topological polar surface area (TPSA) is 73.6 Å². The van der Waals surface area contributed by atoms with Crippen molar-refractivity contribution in [2.45, 2.75) is 13.0 Å². The van der Waals surface area contributed by atoms with Crippen molar-refractivity contribution in [2.75, 3.05) is 6.61 Å². The van der Waals surface area contributed by atoms with Crippen LogP contribution in [0.5, 0.6) is 0 Å². The zero-order valence-corrected chi connectivity index (χ0v) is 8.31. The first-order chi connectivity index (χ1) is 7.33. The van der Waals surface area contributed by atoms with Crippen LogP contribution in [0, 0.1) is 0 Å². The number of nitrogens with two attached hydrogens (primary N) is 1. The Hall–Kier alpha value is -1.43. The lowest BCUT2D eigenvalue weighted by Gasteiger charge is -2.03. The molecule has 0 atom stereocenters. The Morgan fingerprint density at radius 1 is 1.33 bits per heavy atom. The van der Waals surface area contributed by atoms with Gasteiger partial charge in [0.15, 0.2) is 0 Å². The molecule has 1 aromatic carbocycles. The van der Waals surface area contributed by atoms with E-state index in [1.807, 2.05) is 35.9 Å². The quantitative estimate of drug-likeness (QED) is 0.406. The highest BCUT2D eigenvalue weighted by Crippen LogP contribution is 2.00. The molecule has 82 valence electrons. The van der Waals surface area contributed by atoms with Crippen LogP contribution in [-0.2, 0) is 21.0 Å². The van der Waals surface area contributed by atoms with Gasteiger partial charge in [-0.25, -0.2) is 5.84 Å². The Balaban J connectivity index is 2.10. The lowest BCUT2D eigenvalue weighted by Crippen LogP contribution is -2.26. The normalized spacial score (nSPS) is 9.93. The molecule has 0 aliphatic carbocycles. The van der Waals surface area contributed by atoms with Gasteiger partial charge in [0.2, 0.25) is 0 Å². The monoisotopic (exact) mass is 210 g/mol. The highest BCUT2D eigenvalue weighted by atomic mass is 16.7. The molecular weight excluding hydrogens is 196 g/mol. The van der Waals surface area contributed by atoms with E-state index >= 15 is 0 Å². The molecule has 0 fully saturated rings. The van der Waals surface area contributed by atoms with Gasteiger partial charge in [-0.3, -0.25) is 4.79 Å². The van der Waals surface area contributed by atoms with Crippen molar-refractivity contribution in [1.29, 1.82) is 0 Å². The Morgan fingerprint density at radius 3 is 2.73 bits per heavy atom. The summed E-state index contributed by atoms with van der Waals surface area (Å²) in [5.74, 6) is 4.35. The van der Waals surface area contributed by atoms with E-state index in [0.29, 0.717) is 13.2 Å². The van der Waals surface area contributed by atoms with Crippen LogP contribution < -0.4 is 11.4 Å². The molecule has 1 rings (SSSR count). The molecule has 0 heterocycles. The first-order valence-corrected chi connectivity index (χ1v) is 4.60. The standard InChI is InChI=1S/C10H14N2O3/c11-12-15-10(13)6-7-14-8-9-4-2-1-3-5-9/h1-5,12H,6-8,11H2. The second-order valence-corrected chi connectivity index (χ2v) is 2.88. The molecule has 3 N–H and O–H groups in total. The first-order valence-electron chi connectivity index (χ1n) is 4.60. The molecule has 0 radical (unpaired) electrons. The summed E-state index contributed by atoms with van der Waals surface area (Å²) >= 11 is 0. The number of carbonyl (C=O) groups is 1. The number of nitrogens with one attached hydrogen (secondary N) is 1. The molecule has 5 nitrogen and oxygen atoms in total. The number of hydrazine groups is 1. The van der Waals surface area contributed by atoms with Gasteiger partial charge in [-0.15, -0.1) is 0 Å². The Labute approximate surface area is 88.1 Å². The van der Waals surface area contributed by atoms with Gasteiger partial charge in [-0.2, -0.15) is 0 Å². The summed E-state index contributed by atoms with van der Waals surface area (Å²) in [4.78, 5) is 15.1. The lowest BCUT2D eigenvalue weighted by molar-refractivity contribution is -0.152. The van der Waals surface area contributed by atoms with Gasteiger partial charge in [-0.05, 0) is 5.56 Å². The highest BCUT2D eigenvalue weighted by molar-refractivity contribution is 5.69. The van der Waals surface area contributed by atoms with Crippen molar-refractivity contribution in [3.05, 3.63) is 35.9 Å². The van der Waals surface area contributed by atoms with E-state index < -0.39 is 5.97 Å². The average molecular weight is 210 g/mol. The minimum Gasteiger partial charge on any atom is -0.376 e. The number of benzene rings is 1. The summed E-state index contributed by atoms with van der Waals surface area (Å²) in [6.45, 7) is 0.805. The van der Waals surface area contributed by atoms with Gasteiger partial charge in [0.25, 0.3) is 0 Å². The molecule has 5 heteroatoms. The number of hydrogen-bond donors (Lipinski definition) is 2. The number of carbonyl (C=O) groups excluding carboxylic acids is 1. The summed E-state index contributed by atoms with van der Waals surface area (Å²) in [5.41, 5.74) is 2.89. The zero-order valence-electron chi connectivity index (χ0n) is 8.31. The molecule has 1 aromatic rings. The Morgan fingerprint density at radius 2 is 2.07 bits per heavy atom. The molecular formula is C10H14N2O3. The molecule has 0 saturated carbocycles. The van der Waals surface area contributed by atoms with Crippen LogP contribution in [-0.4, -0.2) is 12.6 Å². The van der Waals surface area contributed by atoms with Gasteiger partial charge in [0.1, 0.15) is 0 Å². The summed E-state index contributed by atoms with van der Waals surface area (Å²) < 4.78 is 5.27. The molecule has 0 aliphatic rings. The Kier molecular flexibility index (Phi) is 5.39. The molecule has 0 saturated heterocycles. The number of hydrogen-bond acceptors (Lipinski definition) is 5. The minimum absolute atomic E-state index is 0.178. The predicted octanol–water partition coefficient (Wildman–Crippen LogP) is 0.515. The second-order valence-electron chi connectivity index (χ2n) is 2.88. The van der Waals surface area contributed by atoms with Crippen molar-refractivity contribution in [2.24, 2.45) is 5.84 Å². The summed E-state index contributed by atoms with van der Waals surface area (Å²) in [5, 5.41) is 0. The third-order valence-corrected chi connectivity index (χ3v) is 1.73. The van der Waals surface area contributed by atoms with E-state index in [-0.39, 0.29) is 6.42 Å².